The number of imidazole rings is 1. The minimum Gasteiger partial charge on any atom is -0.336 e. The van der Waals surface area contributed by atoms with Gasteiger partial charge in [-0.15, -0.1) is 0 Å². The van der Waals surface area contributed by atoms with E-state index in [2.05, 4.69) is 4.98 Å². The van der Waals surface area contributed by atoms with Crippen LogP contribution in [0, 0.1) is 6.92 Å². The van der Waals surface area contributed by atoms with E-state index in [1.54, 1.807) is 4.90 Å². The van der Waals surface area contributed by atoms with Gasteiger partial charge in [0, 0.05) is 19.8 Å². The number of carbonyl (C=O) groups excluding carboxylic acids is 1. The molecule has 0 aliphatic heterocycles. The number of aromatic nitrogens is 2. The minimum absolute atomic E-state index is 0.00190. The molecule has 0 unspecified atom stereocenters. The summed E-state index contributed by atoms with van der Waals surface area (Å²) in [6.07, 6.45) is 2.67. The molecule has 0 radical (unpaired) electrons. The Morgan fingerprint density at radius 2 is 1.96 bits per heavy atom. The van der Waals surface area contributed by atoms with Gasteiger partial charge in [-0.25, -0.2) is 4.98 Å². The second-order valence-electron chi connectivity index (χ2n) is 5.84. The van der Waals surface area contributed by atoms with Crippen molar-refractivity contribution in [2.75, 3.05) is 7.05 Å². The molecule has 3 rings (SSSR count). The van der Waals surface area contributed by atoms with Gasteiger partial charge in [0.2, 0.25) is 0 Å². The number of hydrogen-bond acceptors (Lipinski definition) is 2. The van der Waals surface area contributed by atoms with Crippen LogP contribution in [-0.2, 0) is 13.0 Å². The number of benzene rings is 1. The SMILES string of the molecule is CCc1nc2cc(C)ccn2c1C(=O)N(C)Cc1ccccc1. The zero-order valence-electron chi connectivity index (χ0n) is 13.8. The van der Waals surface area contributed by atoms with Crippen LogP contribution in [0.25, 0.3) is 5.65 Å². The van der Waals surface area contributed by atoms with Crippen molar-refractivity contribution in [1.29, 1.82) is 0 Å². The van der Waals surface area contributed by atoms with E-state index in [1.807, 2.05) is 74.0 Å². The minimum atomic E-state index is 0.00190. The second kappa shape index (κ2) is 6.24. The summed E-state index contributed by atoms with van der Waals surface area (Å²) in [4.78, 5) is 19.3. The molecule has 118 valence electrons. The summed E-state index contributed by atoms with van der Waals surface area (Å²) in [5, 5.41) is 0. The van der Waals surface area contributed by atoms with Gasteiger partial charge in [0.1, 0.15) is 11.3 Å². The first-order valence-corrected chi connectivity index (χ1v) is 7.87. The normalized spacial score (nSPS) is 10.9. The molecule has 23 heavy (non-hydrogen) atoms. The van der Waals surface area contributed by atoms with Crippen molar-refractivity contribution in [3.63, 3.8) is 0 Å². The number of aryl methyl sites for hydroxylation is 2. The molecule has 0 spiro atoms. The Kier molecular flexibility index (Phi) is 4.15. The number of nitrogens with zero attached hydrogens (tertiary/aromatic N) is 3. The van der Waals surface area contributed by atoms with Crippen LogP contribution in [0.4, 0.5) is 0 Å². The fraction of sp³-hybridized carbons (Fsp3) is 0.263. The first-order valence-electron chi connectivity index (χ1n) is 7.87. The average molecular weight is 307 g/mol. The lowest BCUT2D eigenvalue weighted by molar-refractivity contribution is 0.0777. The molecule has 1 aromatic carbocycles. The van der Waals surface area contributed by atoms with E-state index >= 15 is 0 Å². The molecule has 0 atom stereocenters. The van der Waals surface area contributed by atoms with Crippen LogP contribution in [0.1, 0.15) is 34.2 Å². The maximum Gasteiger partial charge on any atom is 0.272 e. The fourth-order valence-electron chi connectivity index (χ4n) is 2.78. The Bertz CT molecular complexity index is 836. The van der Waals surface area contributed by atoms with Crippen LogP contribution in [0.3, 0.4) is 0 Å². The van der Waals surface area contributed by atoms with Gasteiger partial charge in [-0.3, -0.25) is 9.20 Å². The first-order chi connectivity index (χ1) is 11.1. The van der Waals surface area contributed by atoms with Crippen molar-refractivity contribution >= 4 is 11.6 Å². The van der Waals surface area contributed by atoms with Gasteiger partial charge >= 0.3 is 0 Å². The molecule has 2 aromatic heterocycles. The summed E-state index contributed by atoms with van der Waals surface area (Å²) in [5.74, 6) is 0.00190. The Balaban J connectivity index is 1.96. The Labute approximate surface area is 136 Å². The molecular formula is C19H21N3O. The lowest BCUT2D eigenvalue weighted by atomic mass is 10.2. The molecule has 3 aromatic rings. The van der Waals surface area contributed by atoms with Gasteiger partial charge in [0.25, 0.3) is 5.91 Å². The quantitative estimate of drug-likeness (QED) is 0.740. The van der Waals surface area contributed by atoms with Crippen molar-refractivity contribution < 1.29 is 4.79 Å². The number of rotatable bonds is 4. The lowest BCUT2D eigenvalue weighted by Crippen LogP contribution is -2.28. The summed E-state index contributed by atoms with van der Waals surface area (Å²) in [5.41, 5.74) is 4.60. The van der Waals surface area contributed by atoms with E-state index in [0.29, 0.717) is 12.2 Å². The lowest BCUT2D eigenvalue weighted by Gasteiger charge is -2.17. The van der Waals surface area contributed by atoms with Crippen LogP contribution < -0.4 is 0 Å². The van der Waals surface area contributed by atoms with E-state index in [4.69, 9.17) is 0 Å². The maximum absolute atomic E-state index is 13.0. The van der Waals surface area contributed by atoms with Crippen LogP contribution in [0.15, 0.2) is 48.7 Å². The monoisotopic (exact) mass is 307 g/mol. The van der Waals surface area contributed by atoms with Crippen molar-refractivity contribution in [1.82, 2.24) is 14.3 Å². The number of carbonyl (C=O) groups is 1. The van der Waals surface area contributed by atoms with Crippen LogP contribution in [0.5, 0.6) is 0 Å². The van der Waals surface area contributed by atoms with Crippen LogP contribution in [-0.4, -0.2) is 27.2 Å². The van der Waals surface area contributed by atoms with Gasteiger partial charge in [-0.2, -0.15) is 0 Å². The highest BCUT2D eigenvalue weighted by atomic mass is 16.2. The molecule has 2 heterocycles. The molecule has 0 saturated carbocycles. The summed E-state index contributed by atoms with van der Waals surface area (Å²) in [7, 11) is 1.84. The van der Waals surface area contributed by atoms with E-state index in [0.717, 1.165) is 28.9 Å². The number of amides is 1. The number of fused-ring (bicyclic) bond motifs is 1. The maximum atomic E-state index is 13.0. The van der Waals surface area contributed by atoms with E-state index in [1.165, 1.54) is 0 Å². The summed E-state index contributed by atoms with van der Waals surface area (Å²) >= 11 is 0. The Morgan fingerprint density at radius 3 is 2.65 bits per heavy atom. The van der Waals surface area contributed by atoms with Gasteiger partial charge in [0.15, 0.2) is 0 Å². The zero-order chi connectivity index (χ0) is 16.4. The van der Waals surface area contributed by atoms with Crippen molar-refractivity contribution in [2.45, 2.75) is 26.8 Å². The Morgan fingerprint density at radius 1 is 1.22 bits per heavy atom. The highest BCUT2D eigenvalue weighted by molar-refractivity contribution is 5.94. The molecule has 4 heteroatoms. The molecule has 0 bridgehead atoms. The first kappa shape index (κ1) is 15.3. The predicted octanol–water partition coefficient (Wildman–Crippen LogP) is 3.48. The van der Waals surface area contributed by atoms with Gasteiger partial charge in [-0.1, -0.05) is 37.3 Å². The van der Waals surface area contributed by atoms with Crippen LogP contribution >= 0.6 is 0 Å². The molecule has 0 saturated heterocycles. The molecule has 0 N–H and O–H groups in total. The summed E-state index contributed by atoms with van der Waals surface area (Å²) < 4.78 is 1.90. The van der Waals surface area contributed by atoms with Crippen molar-refractivity contribution in [3.8, 4) is 0 Å². The highest BCUT2D eigenvalue weighted by Crippen LogP contribution is 2.17. The van der Waals surface area contributed by atoms with Gasteiger partial charge in [0.05, 0.1) is 5.69 Å². The van der Waals surface area contributed by atoms with E-state index in [9.17, 15) is 4.79 Å². The molecule has 0 aliphatic rings. The number of pyridine rings is 1. The average Bonchev–Trinajstić information content (AvgIpc) is 2.92. The molecule has 0 fully saturated rings. The molecule has 4 nitrogen and oxygen atoms in total. The van der Waals surface area contributed by atoms with E-state index < -0.39 is 0 Å². The summed E-state index contributed by atoms with van der Waals surface area (Å²) in [6.45, 7) is 4.65. The van der Waals surface area contributed by atoms with Crippen molar-refractivity contribution in [2.24, 2.45) is 0 Å². The van der Waals surface area contributed by atoms with E-state index in [-0.39, 0.29) is 5.91 Å². The number of hydrogen-bond donors (Lipinski definition) is 0. The third-order valence-electron chi connectivity index (χ3n) is 4.00. The molecule has 1 amide bonds. The fourth-order valence-corrected chi connectivity index (χ4v) is 2.78. The zero-order valence-corrected chi connectivity index (χ0v) is 13.8. The predicted molar refractivity (Wildman–Crippen MR) is 91.5 cm³/mol. The smallest absolute Gasteiger partial charge is 0.272 e. The largest absolute Gasteiger partial charge is 0.336 e. The highest BCUT2D eigenvalue weighted by Gasteiger charge is 2.21. The Hall–Kier alpha value is -2.62. The topological polar surface area (TPSA) is 37.6 Å². The third kappa shape index (κ3) is 2.97. The van der Waals surface area contributed by atoms with Gasteiger partial charge in [-0.05, 0) is 36.6 Å². The standard InChI is InChI=1S/C19H21N3O/c1-4-16-18(22-11-10-14(2)12-17(22)20-16)19(23)21(3)13-15-8-6-5-7-9-15/h5-12H,4,13H2,1-3H3. The molecular weight excluding hydrogens is 286 g/mol. The second-order valence-corrected chi connectivity index (χ2v) is 5.84. The third-order valence-corrected chi connectivity index (χ3v) is 4.00. The van der Waals surface area contributed by atoms with Gasteiger partial charge < -0.3 is 4.90 Å². The summed E-state index contributed by atoms with van der Waals surface area (Å²) in [6, 6.07) is 14.0. The van der Waals surface area contributed by atoms with Crippen LogP contribution in [0.2, 0.25) is 0 Å². The molecule has 0 aliphatic carbocycles. The van der Waals surface area contributed by atoms with Crippen molar-refractivity contribution in [3.05, 3.63) is 71.2 Å².